The molecule has 1 rings (SSSR count). The number of hydrogen-bond acceptors (Lipinski definition) is 3. The summed E-state index contributed by atoms with van der Waals surface area (Å²) < 4.78 is 5.21. The number of hydrogen-bond donors (Lipinski definition) is 1. The Bertz CT molecular complexity index is 361. The Morgan fingerprint density at radius 3 is 2.17 bits per heavy atom. The van der Waals surface area contributed by atoms with Crippen molar-refractivity contribution in [1.29, 1.82) is 0 Å². The molecule has 18 heavy (non-hydrogen) atoms. The maximum absolute atomic E-state index is 5.21. The minimum atomic E-state index is 0.0866. The molecule has 0 saturated heterocycles. The topological polar surface area (TPSA) is 24.5 Å². The highest BCUT2D eigenvalue weighted by Gasteiger charge is 2.34. The summed E-state index contributed by atoms with van der Waals surface area (Å²) in [7, 11) is 7.99. The van der Waals surface area contributed by atoms with Crippen LogP contribution in [0.25, 0.3) is 0 Å². The predicted octanol–water partition coefficient (Wildman–Crippen LogP) is 2.69. The van der Waals surface area contributed by atoms with Gasteiger partial charge in [-0.15, -0.1) is 0 Å². The molecular weight excluding hydrogens is 224 g/mol. The van der Waals surface area contributed by atoms with E-state index < -0.39 is 0 Å². The molecule has 0 heterocycles. The molecule has 102 valence electrons. The molecule has 0 spiro atoms. The van der Waals surface area contributed by atoms with Gasteiger partial charge in [-0.05, 0) is 52.2 Å². The van der Waals surface area contributed by atoms with Gasteiger partial charge in [0.1, 0.15) is 5.75 Å². The fourth-order valence-electron chi connectivity index (χ4n) is 2.41. The second-order valence-corrected chi connectivity index (χ2v) is 5.10. The van der Waals surface area contributed by atoms with Crippen LogP contribution in [0, 0.1) is 0 Å². The van der Waals surface area contributed by atoms with Crippen LogP contribution in [-0.2, 0) is 0 Å². The van der Waals surface area contributed by atoms with E-state index in [1.165, 1.54) is 5.56 Å². The van der Waals surface area contributed by atoms with E-state index in [1.807, 2.05) is 19.2 Å². The third-order valence-corrected chi connectivity index (χ3v) is 4.10. The zero-order valence-electron chi connectivity index (χ0n) is 12.4. The summed E-state index contributed by atoms with van der Waals surface area (Å²) in [6.07, 6.45) is 1.08. The van der Waals surface area contributed by atoms with Gasteiger partial charge in [-0.3, -0.25) is 0 Å². The van der Waals surface area contributed by atoms with Crippen LogP contribution in [0.2, 0.25) is 0 Å². The van der Waals surface area contributed by atoms with Crippen molar-refractivity contribution in [1.82, 2.24) is 10.2 Å². The number of methoxy groups -OCH3 is 1. The van der Waals surface area contributed by atoms with E-state index in [1.54, 1.807) is 7.11 Å². The van der Waals surface area contributed by atoms with E-state index in [4.69, 9.17) is 4.74 Å². The van der Waals surface area contributed by atoms with Gasteiger partial charge in [0.15, 0.2) is 0 Å². The number of nitrogens with zero attached hydrogens (tertiary/aromatic N) is 1. The van der Waals surface area contributed by atoms with Crippen molar-refractivity contribution in [3.05, 3.63) is 29.8 Å². The first-order valence-electron chi connectivity index (χ1n) is 6.48. The average Bonchev–Trinajstić information content (AvgIpc) is 2.39. The number of nitrogens with one attached hydrogen (secondary N) is 1. The van der Waals surface area contributed by atoms with Gasteiger partial charge >= 0.3 is 0 Å². The summed E-state index contributed by atoms with van der Waals surface area (Å²) in [5, 5.41) is 3.45. The smallest absolute Gasteiger partial charge is 0.118 e. The fourth-order valence-corrected chi connectivity index (χ4v) is 2.41. The molecule has 3 heteroatoms. The van der Waals surface area contributed by atoms with Gasteiger partial charge in [0, 0.05) is 5.54 Å². The van der Waals surface area contributed by atoms with Gasteiger partial charge in [-0.2, -0.15) is 0 Å². The average molecular weight is 250 g/mol. The van der Waals surface area contributed by atoms with Gasteiger partial charge in [0.05, 0.1) is 13.2 Å². The lowest BCUT2D eigenvalue weighted by molar-refractivity contribution is 0.117. The van der Waals surface area contributed by atoms with Crippen molar-refractivity contribution in [2.75, 3.05) is 28.3 Å². The second kappa shape index (κ2) is 6.21. The van der Waals surface area contributed by atoms with Crippen LogP contribution >= 0.6 is 0 Å². The Hall–Kier alpha value is -1.06. The lowest BCUT2D eigenvalue weighted by Gasteiger charge is -2.43. The first-order chi connectivity index (χ1) is 8.49. The first-order valence-corrected chi connectivity index (χ1v) is 6.48. The molecule has 2 atom stereocenters. The Morgan fingerprint density at radius 1 is 1.28 bits per heavy atom. The molecule has 0 aliphatic rings. The molecule has 2 unspecified atom stereocenters. The third-order valence-electron chi connectivity index (χ3n) is 4.10. The van der Waals surface area contributed by atoms with Crippen molar-refractivity contribution in [3.8, 4) is 5.75 Å². The van der Waals surface area contributed by atoms with E-state index in [0.717, 1.165) is 12.2 Å². The van der Waals surface area contributed by atoms with Crippen molar-refractivity contribution in [2.45, 2.75) is 31.8 Å². The maximum Gasteiger partial charge on any atom is 0.118 e. The Balaban J connectivity index is 3.07. The van der Waals surface area contributed by atoms with Crippen LogP contribution in [0.3, 0.4) is 0 Å². The van der Waals surface area contributed by atoms with Gasteiger partial charge in [-0.1, -0.05) is 19.1 Å². The van der Waals surface area contributed by atoms with Crippen molar-refractivity contribution < 1.29 is 4.74 Å². The van der Waals surface area contributed by atoms with Gasteiger partial charge in [0.25, 0.3) is 0 Å². The van der Waals surface area contributed by atoms with Crippen LogP contribution in [0.5, 0.6) is 5.75 Å². The molecule has 0 bridgehead atoms. The lowest BCUT2D eigenvalue weighted by Crippen LogP contribution is -2.50. The summed E-state index contributed by atoms with van der Waals surface area (Å²) in [4.78, 5) is 2.29. The molecule has 3 nitrogen and oxygen atoms in total. The van der Waals surface area contributed by atoms with Crippen LogP contribution in [0.1, 0.15) is 31.9 Å². The standard InChI is InChI=1S/C15H26N2O/c1-7-15(2,17(4)5)14(16-3)12-8-10-13(18-6)11-9-12/h8-11,14,16H,7H2,1-6H3. The third kappa shape index (κ3) is 2.85. The Morgan fingerprint density at radius 2 is 1.83 bits per heavy atom. The summed E-state index contributed by atoms with van der Waals surface area (Å²) >= 11 is 0. The van der Waals surface area contributed by atoms with Crippen molar-refractivity contribution in [2.24, 2.45) is 0 Å². The number of likely N-dealkylation sites (N-methyl/N-ethyl adjacent to an activating group) is 2. The molecule has 0 radical (unpaired) electrons. The lowest BCUT2D eigenvalue weighted by atomic mass is 9.83. The molecular formula is C15H26N2O. The predicted molar refractivity (Wildman–Crippen MR) is 77.2 cm³/mol. The highest BCUT2D eigenvalue weighted by molar-refractivity contribution is 5.31. The molecule has 0 aliphatic heterocycles. The molecule has 1 aromatic carbocycles. The highest BCUT2D eigenvalue weighted by Crippen LogP contribution is 2.33. The van der Waals surface area contributed by atoms with Gasteiger partial charge in [0.2, 0.25) is 0 Å². The molecule has 0 aliphatic carbocycles. The largest absolute Gasteiger partial charge is 0.497 e. The second-order valence-electron chi connectivity index (χ2n) is 5.10. The van der Waals surface area contributed by atoms with Crippen molar-refractivity contribution in [3.63, 3.8) is 0 Å². The minimum absolute atomic E-state index is 0.0866. The normalized spacial score (nSPS) is 16.4. The number of benzene rings is 1. The summed E-state index contributed by atoms with van der Waals surface area (Å²) in [6.45, 7) is 4.52. The Labute approximate surface area is 111 Å². The van der Waals surface area contributed by atoms with Crippen LogP contribution in [0.15, 0.2) is 24.3 Å². The van der Waals surface area contributed by atoms with Gasteiger partial charge in [-0.25, -0.2) is 0 Å². The van der Waals surface area contributed by atoms with E-state index >= 15 is 0 Å². The molecule has 0 aromatic heterocycles. The van der Waals surface area contributed by atoms with Crippen LogP contribution < -0.4 is 10.1 Å². The summed E-state index contributed by atoms with van der Waals surface area (Å²) in [5.41, 5.74) is 1.37. The number of rotatable bonds is 6. The molecule has 0 amide bonds. The van der Waals surface area contributed by atoms with Crippen molar-refractivity contribution >= 4 is 0 Å². The van der Waals surface area contributed by atoms with E-state index in [0.29, 0.717) is 6.04 Å². The van der Waals surface area contributed by atoms with Crippen LogP contribution in [0.4, 0.5) is 0 Å². The molecule has 1 aromatic rings. The quantitative estimate of drug-likeness (QED) is 0.840. The SMILES string of the molecule is CCC(C)(C(NC)c1ccc(OC)cc1)N(C)C. The van der Waals surface area contributed by atoms with Gasteiger partial charge < -0.3 is 15.0 Å². The van der Waals surface area contributed by atoms with E-state index in [-0.39, 0.29) is 5.54 Å². The highest BCUT2D eigenvalue weighted by atomic mass is 16.5. The minimum Gasteiger partial charge on any atom is -0.497 e. The fraction of sp³-hybridized carbons (Fsp3) is 0.600. The maximum atomic E-state index is 5.21. The zero-order valence-corrected chi connectivity index (χ0v) is 12.4. The zero-order chi connectivity index (χ0) is 13.8. The number of ether oxygens (including phenoxy) is 1. The van der Waals surface area contributed by atoms with Crippen LogP contribution in [-0.4, -0.2) is 38.7 Å². The summed E-state index contributed by atoms with van der Waals surface area (Å²) in [6, 6.07) is 8.61. The molecule has 0 saturated carbocycles. The van der Waals surface area contributed by atoms with E-state index in [9.17, 15) is 0 Å². The summed E-state index contributed by atoms with van der Waals surface area (Å²) in [5.74, 6) is 0.900. The molecule has 1 N–H and O–H groups in total. The first kappa shape index (κ1) is 15.0. The Kier molecular flexibility index (Phi) is 5.17. The van der Waals surface area contributed by atoms with E-state index in [2.05, 4.69) is 50.3 Å². The molecule has 0 fully saturated rings. The monoisotopic (exact) mass is 250 g/mol.